The molecule has 3 rings (SSSR count). The van der Waals surface area contributed by atoms with Gasteiger partial charge in [-0.05, 0) is 51.8 Å². The van der Waals surface area contributed by atoms with Gasteiger partial charge >= 0.3 is 0 Å². The quantitative estimate of drug-likeness (QED) is 0.646. The van der Waals surface area contributed by atoms with Crippen LogP contribution in [0.4, 0.5) is 0 Å². The molecule has 0 fully saturated rings. The Kier molecular flexibility index (Phi) is 5.12. The average molecular weight is 316 g/mol. The molecule has 3 aromatic carbocycles. The van der Waals surface area contributed by atoms with Gasteiger partial charge in [0.15, 0.2) is 0 Å². The van der Waals surface area contributed by atoms with Crippen LogP contribution in [0, 0.1) is 0 Å². The van der Waals surface area contributed by atoms with Crippen molar-refractivity contribution in [3.05, 3.63) is 83.4 Å². The number of hydrogen-bond donors (Lipinski definition) is 1. The van der Waals surface area contributed by atoms with Crippen LogP contribution in [-0.4, -0.2) is 5.11 Å². The molecule has 0 amide bonds. The van der Waals surface area contributed by atoms with E-state index in [9.17, 15) is 5.11 Å². The third-order valence-electron chi connectivity index (χ3n) is 4.62. The van der Waals surface area contributed by atoms with Crippen LogP contribution in [0.1, 0.15) is 30.5 Å². The van der Waals surface area contributed by atoms with Gasteiger partial charge in [0, 0.05) is 0 Å². The molecule has 0 radical (unpaired) electrons. The molecule has 0 saturated carbocycles. The predicted octanol–water partition coefficient (Wildman–Crippen LogP) is 5.64. The first kappa shape index (κ1) is 16.5. The van der Waals surface area contributed by atoms with Gasteiger partial charge in [-0.2, -0.15) is 0 Å². The summed E-state index contributed by atoms with van der Waals surface area (Å²) in [7, 11) is 0. The molecule has 122 valence electrons. The van der Waals surface area contributed by atoms with Gasteiger partial charge in [-0.1, -0.05) is 80.6 Å². The van der Waals surface area contributed by atoms with Crippen LogP contribution in [0.3, 0.4) is 0 Å². The standard InChI is InChI=1S/C23H24O/c1-3-17-5-8-20(9-6-17)21-10-12-22(13-11-21)23-14-7-18(16-24)15-19(23)4-2/h5-15,24H,3-4,16H2,1-2H3. The van der Waals surface area contributed by atoms with Crippen LogP contribution in [0.15, 0.2) is 66.7 Å². The van der Waals surface area contributed by atoms with Crippen LogP contribution >= 0.6 is 0 Å². The Hall–Kier alpha value is -2.38. The minimum absolute atomic E-state index is 0.0972. The first-order valence-electron chi connectivity index (χ1n) is 8.67. The van der Waals surface area contributed by atoms with Crippen molar-refractivity contribution < 1.29 is 5.11 Å². The number of rotatable bonds is 5. The maximum absolute atomic E-state index is 9.32. The van der Waals surface area contributed by atoms with Crippen molar-refractivity contribution in [1.29, 1.82) is 0 Å². The monoisotopic (exact) mass is 316 g/mol. The zero-order valence-electron chi connectivity index (χ0n) is 14.4. The minimum Gasteiger partial charge on any atom is -0.392 e. The number of aliphatic hydroxyl groups is 1. The lowest BCUT2D eigenvalue weighted by Gasteiger charge is -2.11. The number of aliphatic hydroxyl groups excluding tert-OH is 1. The van der Waals surface area contributed by atoms with Crippen molar-refractivity contribution in [3.8, 4) is 22.3 Å². The van der Waals surface area contributed by atoms with Crippen molar-refractivity contribution in [2.24, 2.45) is 0 Å². The fraction of sp³-hybridized carbons (Fsp3) is 0.217. The summed E-state index contributed by atoms with van der Waals surface area (Å²) in [6.45, 7) is 4.43. The predicted molar refractivity (Wildman–Crippen MR) is 102 cm³/mol. The lowest BCUT2D eigenvalue weighted by Crippen LogP contribution is -1.92. The van der Waals surface area contributed by atoms with Crippen LogP contribution < -0.4 is 0 Å². The average Bonchev–Trinajstić information content (AvgIpc) is 2.67. The molecule has 0 saturated heterocycles. The lowest BCUT2D eigenvalue weighted by molar-refractivity contribution is 0.282. The number of hydrogen-bond acceptors (Lipinski definition) is 1. The van der Waals surface area contributed by atoms with Crippen LogP contribution in [0.25, 0.3) is 22.3 Å². The molecule has 3 aromatic rings. The molecule has 0 spiro atoms. The molecule has 0 aliphatic carbocycles. The van der Waals surface area contributed by atoms with E-state index in [1.54, 1.807) is 0 Å². The maximum Gasteiger partial charge on any atom is 0.0681 e. The second kappa shape index (κ2) is 7.46. The number of benzene rings is 3. The molecular formula is C23H24O. The van der Waals surface area contributed by atoms with Gasteiger partial charge in [0.2, 0.25) is 0 Å². The summed E-state index contributed by atoms with van der Waals surface area (Å²) in [5.41, 5.74) is 8.60. The Morgan fingerprint density at radius 2 is 1.17 bits per heavy atom. The first-order valence-corrected chi connectivity index (χ1v) is 8.67. The normalized spacial score (nSPS) is 10.8. The summed E-state index contributed by atoms with van der Waals surface area (Å²) >= 11 is 0. The van der Waals surface area contributed by atoms with E-state index in [4.69, 9.17) is 0 Å². The second-order valence-electron chi connectivity index (χ2n) is 6.13. The number of aryl methyl sites for hydroxylation is 2. The van der Waals surface area contributed by atoms with E-state index in [-0.39, 0.29) is 6.61 Å². The summed E-state index contributed by atoms with van der Waals surface area (Å²) < 4.78 is 0. The van der Waals surface area contributed by atoms with Gasteiger partial charge in [-0.3, -0.25) is 0 Å². The van der Waals surface area contributed by atoms with Gasteiger partial charge in [0.05, 0.1) is 6.61 Å². The van der Waals surface area contributed by atoms with E-state index in [0.29, 0.717) is 0 Å². The minimum atomic E-state index is 0.0972. The molecule has 1 heteroatoms. The highest BCUT2D eigenvalue weighted by molar-refractivity contribution is 5.72. The summed E-state index contributed by atoms with van der Waals surface area (Å²) in [6.07, 6.45) is 2.03. The Morgan fingerprint density at radius 3 is 1.71 bits per heavy atom. The van der Waals surface area contributed by atoms with Gasteiger partial charge in [0.25, 0.3) is 0 Å². The van der Waals surface area contributed by atoms with E-state index >= 15 is 0 Å². The molecule has 0 heterocycles. The van der Waals surface area contributed by atoms with Crippen LogP contribution in [-0.2, 0) is 19.4 Å². The maximum atomic E-state index is 9.32. The SMILES string of the molecule is CCc1ccc(-c2ccc(-c3ccc(CO)cc3CC)cc2)cc1. The molecular weight excluding hydrogens is 292 g/mol. The molecule has 0 bridgehead atoms. The third-order valence-corrected chi connectivity index (χ3v) is 4.62. The fourth-order valence-corrected chi connectivity index (χ4v) is 3.09. The van der Waals surface area contributed by atoms with Crippen LogP contribution in [0.2, 0.25) is 0 Å². The van der Waals surface area contributed by atoms with E-state index in [2.05, 4.69) is 74.5 Å². The molecule has 0 aromatic heterocycles. The van der Waals surface area contributed by atoms with Gasteiger partial charge in [-0.15, -0.1) is 0 Å². The van der Waals surface area contributed by atoms with Crippen molar-refractivity contribution in [2.75, 3.05) is 0 Å². The smallest absolute Gasteiger partial charge is 0.0681 e. The van der Waals surface area contributed by atoms with Gasteiger partial charge in [0.1, 0.15) is 0 Å². The molecule has 24 heavy (non-hydrogen) atoms. The van der Waals surface area contributed by atoms with Crippen molar-refractivity contribution in [3.63, 3.8) is 0 Å². The van der Waals surface area contributed by atoms with E-state index in [0.717, 1.165) is 18.4 Å². The Balaban J connectivity index is 1.91. The zero-order valence-corrected chi connectivity index (χ0v) is 14.4. The van der Waals surface area contributed by atoms with Crippen LogP contribution in [0.5, 0.6) is 0 Å². The summed E-state index contributed by atoms with van der Waals surface area (Å²) in [5.74, 6) is 0. The first-order chi connectivity index (χ1) is 11.7. The van der Waals surface area contributed by atoms with Crippen molar-refractivity contribution in [1.82, 2.24) is 0 Å². The lowest BCUT2D eigenvalue weighted by atomic mass is 9.94. The molecule has 0 aliphatic rings. The highest BCUT2D eigenvalue weighted by Gasteiger charge is 2.06. The topological polar surface area (TPSA) is 20.2 Å². The second-order valence-corrected chi connectivity index (χ2v) is 6.13. The Labute approximate surface area is 144 Å². The summed E-state index contributed by atoms with van der Waals surface area (Å²) in [4.78, 5) is 0. The largest absolute Gasteiger partial charge is 0.392 e. The van der Waals surface area contributed by atoms with E-state index in [1.165, 1.54) is 33.4 Å². The summed E-state index contributed by atoms with van der Waals surface area (Å²) in [6, 6.07) is 23.8. The fourth-order valence-electron chi connectivity index (χ4n) is 3.09. The molecule has 0 aliphatic heterocycles. The van der Waals surface area contributed by atoms with Gasteiger partial charge in [-0.25, -0.2) is 0 Å². The highest BCUT2D eigenvalue weighted by Crippen LogP contribution is 2.28. The van der Waals surface area contributed by atoms with Crippen molar-refractivity contribution >= 4 is 0 Å². The highest BCUT2D eigenvalue weighted by atomic mass is 16.3. The molecule has 0 atom stereocenters. The van der Waals surface area contributed by atoms with Crippen molar-refractivity contribution in [2.45, 2.75) is 33.3 Å². The Bertz CT molecular complexity index is 798. The molecule has 1 N–H and O–H groups in total. The Morgan fingerprint density at radius 1 is 0.625 bits per heavy atom. The van der Waals surface area contributed by atoms with E-state index < -0.39 is 0 Å². The molecule has 1 nitrogen and oxygen atoms in total. The third kappa shape index (κ3) is 3.42. The summed E-state index contributed by atoms with van der Waals surface area (Å²) in [5, 5.41) is 9.32. The van der Waals surface area contributed by atoms with Gasteiger partial charge < -0.3 is 5.11 Å². The van der Waals surface area contributed by atoms with E-state index in [1.807, 2.05) is 6.07 Å². The zero-order chi connectivity index (χ0) is 16.9. The molecule has 0 unspecified atom stereocenters.